The van der Waals surface area contributed by atoms with Crippen LogP contribution in [0.1, 0.15) is 13.3 Å². The number of aromatic nitrogens is 1. The molecule has 0 aromatic carbocycles. The fourth-order valence-electron chi connectivity index (χ4n) is 1.17. The highest BCUT2D eigenvalue weighted by Crippen LogP contribution is 2.18. The molecule has 1 rings (SSSR count). The van der Waals surface area contributed by atoms with Gasteiger partial charge in [0.2, 0.25) is 0 Å². The minimum atomic E-state index is 0.578. The molecule has 0 saturated heterocycles. The van der Waals surface area contributed by atoms with Crippen LogP contribution in [-0.4, -0.2) is 18.1 Å². The van der Waals surface area contributed by atoms with Crippen LogP contribution in [0.25, 0.3) is 0 Å². The fourth-order valence-corrected chi connectivity index (χ4v) is 1.57. The average Bonchev–Trinajstić information content (AvgIpc) is 2.17. The summed E-state index contributed by atoms with van der Waals surface area (Å²) in [5.74, 6) is 1.48. The summed E-state index contributed by atoms with van der Waals surface area (Å²) in [4.78, 5) is 4.22. The Labute approximate surface area is 93.2 Å². The van der Waals surface area contributed by atoms with Gasteiger partial charge in [-0.3, -0.25) is 0 Å². The third kappa shape index (κ3) is 3.64. The van der Waals surface area contributed by atoms with Crippen LogP contribution in [0, 0.1) is 5.92 Å². The molecule has 1 aromatic heterocycles. The summed E-state index contributed by atoms with van der Waals surface area (Å²) in [5.41, 5.74) is 5.48. The topological polar surface area (TPSA) is 50.9 Å². The molecule has 0 aliphatic carbocycles. The normalized spacial score (nSPS) is 12.5. The number of hydrogen-bond donors (Lipinski definition) is 2. The second kappa shape index (κ2) is 5.98. The van der Waals surface area contributed by atoms with Gasteiger partial charge in [-0.05, 0) is 46.9 Å². The first-order chi connectivity index (χ1) is 6.74. The van der Waals surface area contributed by atoms with E-state index in [4.69, 9.17) is 5.73 Å². The van der Waals surface area contributed by atoms with Gasteiger partial charge in [-0.2, -0.15) is 0 Å². The first-order valence-corrected chi connectivity index (χ1v) is 5.57. The summed E-state index contributed by atoms with van der Waals surface area (Å²) < 4.78 is 1.000. The van der Waals surface area contributed by atoms with Gasteiger partial charge in [0.25, 0.3) is 0 Å². The lowest BCUT2D eigenvalue weighted by Crippen LogP contribution is -2.15. The zero-order chi connectivity index (χ0) is 10.4. The molecular weight excluding hydrogens is 242 g/mol. The molecule has 14 heavy (non-hydrogen) atoms. The van der Waals surface area contributed by atoms with Crippen LogP contribution in [0.4, 0.5) is 5.82 Å². The Morgan fingerprint density at radius 2 is 2.43 bits per heavy atom. The van der Waals surface area contributed by atoms with Gasteiger partial charge in [-0.1, -0.05) is 6.92 Å². The second-order valence-electron chi connectivity index (χ2n) is 3.40. The number of rotatable bonds is 5. The maximum absolute atomic E-state index is 5.48. The third-order valence-electron chi connectivity index (χ3n) is 2.04. The zero-order valence-corrected chi connectivity index (χ0v) is 9.92. The number of anilines is 1. The van der Waals surface area contributed by atoms with Crippen LogP contribution in [0.3, 0.4) is 0 Å². The van der Waals surface area contributed by atoms with Crippen molar-refractivity contribution in [3.8, 4) is 0 Å². The molecule has 4 heteroatoms. The van der Waals surface area contributed by atoms with E-state index in [0.717, 1.165) is 29.8 Å². The number of halogens is 1. The molecule has 0 bridgehead atoms. The van der Waals surface area contributed by atoms with Gasteiger partial charge in [0.1, 0.15) is 5.82 Å². The van der Waals surface area contributed by atoms with Gasteiger partial charge < -0.3 is 11.1 Å². The lowest BCUT2D eigenvalue weighted by atomic mass is 10.1. The number of nitrogens with zero attached hydrogens (tertiary/aromatic N) is 1. The van der Waals surface area contributed by atoms with E-state index in [1.165, 1.54) is 0 Å². The summed E-state index contributed by atoms with van der Waals surface area (Å²) in [6.07, 6.45) is 2.82. The molecule has 1 atom stereocenters. The van der Waals surface area contributed by atoms with Gasteiger partial charge in [-0.15, -0.1) is 0 Å². The molecule has 3 nitrogen and oxygen atoms in total. The molecule has 0 aliphatic rings. The van der Waals surface area contributed by atoms with E-state index in [1.807, 2.05) is 12.1 Å². The Hall–Kier alpha value is -0.610. The van der Waals surface area contributed by atoms with E-state index < -0.39 is 0 Å². The van der Waals surface area contributed by atoms with Crippen LogP contribution >= 0.6 is 15.9 Å². The first-order valence-electron chi connectivity index (χ1n) is 4.78. The monoisotopic (exact) mass is 257 g/mol. The quantitative estimate of drug-likeness (QED) is 0.851. The molecule has 0 saturated carbocycles. The molecular formula is C10H16BrN3. The summed E-state index contributed by atoms with van der Waals surface area (Å²) >= 11 is 3.44. The van der Waals surface area contributed by atoms with Crippen molar-refractivity contribution in [2.45, 2.75) is 13.3 Å². The summed E-state index contributed by atoms with van der Waals surface area (Å²) in [6, 6.07) is 3.88. The number of nitrogens with two attached hydrogens (primary N) is 1. The van der Waals surface area contributed by atoms with Crippen molar-refractivity contribution in [2.75, 3.05) is 18.4 Å². The lowest BCUT2D eigenvalue weighted by Gasteiger charge is -2.12. The highest BCUT2D eigenvalue weighted by Gasteiger charge is 2.03. The van der Waals surface area contributed by atoms with Crippen LogP contribution in [0.15, 0.2) is 22.8 Å². The van der Waals surface area contributed by atoms with E-state index >= 15 is 0 Å². The molecule has 0 radical (unpaired) electrons. The predicted molar refractivity (Wildman–Crippen MR) is 63.3 cm³/mol. The Balaban J connectivity index is 2.41. The summed E-state index contributed by atoms with van der Waals surface area (Å²) in [5, 5.41) is 3.28. The van der Waals surface area contributed by atoms with Gasteiger partial charge in [0.05, 0.1) is 4.47 Å². The van der Waals surface area contributed by atoms with Crippen LogP contribution in [-0.2, 0) is 0 Å². The first kappa shape index (κ1) is 11.5. The molecule has 0 fully saturated rings. The Morgan fingerprint density at radius 3 is 3.07 bits per heavy atom. The van der Waals surface area contributed by atoms with Crippen molar-refractivity contribution in [1.82, 2.24) is 4.98 Å². The van der Waals surface area contributed by atoms with Crippen LogP contribution in [0.2, 0.25) is 0 Å². The Kier molecular flexibility index (Phi) is 4.90. The van der Waals surface area contributed by atoms with E-state index in [2.05, 4.69) is 33.2 Å². The van der Waals surface area contributed by atoms with Crippen molar-refractivity contribution >= 4 is 21.7 Å². The zero-order valence-electron chi connectivity index (χ0n) is 8.33. The molecule has 78 valence electrons. The molecule has 0 aliphatic heterocycles. The molecule has 3 N–H and O–H groups in total. The van der Waals surface area contributed by atoms with Crippen molar-refractivity contribution in [1.29, 1.82) is 0 Å². The van der Waals surface area contributed by atoms with Crippen LogP contribution in [0.5, 0.6) is 0 Å². The van der Waals surface area contributed by atoms with Gasteiger partial charge in [-0.25, -0.2) is 4.98 Å². The van der Waals surface area contributed by atoms with Crippen molar-refractivity contribution in [2.24, 2.45) is 11.7 Å². The number of pyridine rings is 1. The Bertz CT molecular complexity index is 278. The summed E-state index contributed by atoms with van der Waals surface area (Å²) in [7, 11) is 0. The average molecular weight is 258 g/mol. The molecule has 1 aromatic rings. The largest absolute Gasteiger partial charge is 0.369 e. The summed E-state index contributed by atoms with van der Waals surface area (Å²) in [6.45, 7) is 3.83. The lowest BCUT2D eigenvalue weighted by molar-refractivity contribution is 0.567. The van der Waals surface area contributed by atoms with Crippen LogP contribution < -0.4 is 11.1 Å². The SMILES string of the molecule is CC(CCN)CNc1ncccc1Br. The maximum atomic E-state index is 5.48. The van der Waals surface area contributed by atoms with Gasteiger partial charge >= 0.3 is 0 Å². The molecule has 0 spiro atoms. The molecule has 1 unspecified atom stereocenters. The van der Waals surface area contributed by atoms with Gasteiger partial charge in [0, 0.05) is 12.7 Å². The predicted octanol–water partition coefficient (Wildman–Crippen LogP) is 2.24. The number of hydrogen-bond acceptors (Lipinski definition) is 3. The Morgan fingerprint density at radius 1 is 1.64 bits per heavy atom. The van der Waals surface area contributed by atoms with Crippen molar-refractivity contribution in [3.05, 3.63) is 22.8 Å². The van der Waals surface area contributed by atoms with Gasteiger partial charge in [0.15, 0.2) is 0 Å². The standard InChI is InChI=1S/C10H16BrN3/c1-8(4-5-12)7-14-10-9(11)3-2-6-13-10/h2-3,6,8H,4-5,7,12H2,1H3,(H,13,14). The second-order valence-corrected chi connectivity index (χ2v) is 4.25. The van der Waals surface area contributed by atoms with Crippen molar-refractivity contribution in [3.63, 3.8) is 0 Å². The van der Waals surface area contributed by atoms with E-state index in [-0.39, 0.29) is 0 Å². The third-order valence-corrected chi connectivity index (χ3v) is 2.68. The van der Waals surface area contributed by atoms with E-state index in [1.54, 1.807) is 6.20 Å². The highest BCUT2D eigenvalue weighted by molar-refractivity contribution is 9.10. The molecule has 1 heterocycles. The minimum Gasteiger partial charge on any atom is -0.369 e. The minimum absolute atomic E-state index is 0.578. The van der Waals surface area contributed by atoms with E-state index in [0.29, 0.717) is 5.92 Å². The van der Waals surface area contributed by atoms with Crippen molar-refractivity contribution < 1.29 is 0 Å². The maximum Gasteiger partial charge on any atom is 0.140 e. The number of nitrogens with one attached hydrogen (secondary N) is 1. The van der Waals surface area contributed by atoms with E-state index in [9.17, 15) is 0 Å². The molecule has 0 amide bonds. The highest BCUT2D eigenvalue weighted by atomic mass is 79.9. The fraction of sp³-hybridized carbons (Fsp3) is 0.500. The smallest absolute Gasteiger partial charge is 0.140 e.